The molecule has 2 aromatic carbocycles. The molecule has 0 aliphatic heterocycles. The highest BCUT2D eigenvalue weighted by Crippen LogP contribution is 2.38. The number of hydrogen-bond acceptors (Lipinski definition) is 1. The van der Waals surface area contributed by atoms with Crippen LogP contribution in [0, 0.1) is 5.82 Å². The Bertz CT molecular complexity index is 733. The van der Waals surface area contributed by atoms with E-state index >= 15 is 0 Å². The zero-order valence-corrected chi connectivity index (χ0v) is 11.1. The van der Waals surface area contributed by atoms with Crippen molar-refractivity contribution in [1.82, 2.24) is 0 Å². The van der Waals surface area contributed by atoms with Crippen molar-refractivity contribution >= 4 is 12.0 Å². The van der Waals surface area contributed by atoms with Crippen LogP contribution in [0.1, 0.15) is 11.1 Å². The third kappa shape index (κ3) is 3.52. The normalized spacial score (nSPS) is 11.8. The largest absolute Gasteiger partial charge is 0.478 e. The van der Waals surface area contributed by atoms with Crippen LogP contribution >= 0.6 is 0 Å². The summed E-state index contributed by atoms with van der Waals surface area (Å²) in [6.07, 6.45) is -2.70. The van der Waals surface area contributed by atoms with Gasteiger partial charge in [0.25, 0.3) is 0 Å². The molecular weight excluding hydrogens is 300 g/mol. The first-order valence-corrected chi connectivity index (χ1v) is 6.16. The van der Waals surface area contributed by atoms with Gasteiger partial charge in [-0.25, -0.2) is 9.18 Å². The monoisotopic (exact) mass is 310 g/mol. The molecule has 0 aliphatic carbocycles. The summed E-state index contributed by atoms with van der Waals surface area (Å²) < 4.78 is 53.0. The quantitative estimate of drug-likeness (QED) is 0.664. The molecule has 0 aromatic heterocycles. The van der Waals surface area contributed by atoms with Crippen LogP contribution in [0.5, 0.6) is 0 Å². The van der Waals surface area contributed by atoms with Crippen molar-refractivity contribution in [2.75, 3.05) is 0 Å². The van der Waals surface area contributed by atoms with E-state index in [4.69, 9.17) is 5.11 Å². The zero-order chi connectivity index (χ0) is 16.3. The number of carboxylic acids is 1. The van der Waals surface area contributed by atoms with E-state index < -0.39 is 23.5 Å². The smallest absolute Gasteiger partial charge is 0.417 e. The minimum Gasteiger partial charge on any atom is -0.478 e. The van der Waals surface area contributed by atoms with E-state index in [0.29, 0.717) is 0 Å². The maximum Gasteiger partial charge on any atom is 0.417 e. The van der Waals surface area contributed by atoms with Gasteiger partial charge in [-0.2, -0.15) is 13.2 Å². The van der Waals surface area contributed by atoms with Crippen LogP contribution in [0.25, 0.3) is 17.2 Å². The Hall–Kier alpha value is -2.63. The second-order valence-corrected chi connectivity index (χ2v) is 4.45. The summed E-state index contributed by atoms with van der Waals surface area (Å²) in [6.45, 7) is 0. The Morgan fingerprint density at radius 2 is 1.73 bits per heavy atom. The number of carbonyl (C=O) groups is 1. The predicted molar refractivity (Wildman–Crippen MR) is 73.5 cm³/mol. The fourth-order valence-corrected chi connectivity index (χ4v) is 1.98. The minimum absolute atomic E-state index is 0.194. The van der Waals surface area contributed by atoms with Crippen molar-refractivity contribution in [2.24, 2.45) is 0 Å². The lowest BCUT2D eigenvalue weighted by Crippen LogP contribution is -2.07. The summed E-state index contributed by atoms with van der Waals surface area (Å²) in [5, 5.41) is 8.56. The van der Waals surface area contributed by atoms with Gasteiger partial charge >= 0.3 is 12.1 Å². The molecule has 0 bridgehead atoms. The van der Waals surface area contributed by atoms with Crippen LogP contribution in [-0.4, -0.2) is 11.1 Å². The first-order valence-electron chi connectivity index (χ1n) is 6.16. The second kappa shape index (κ2) is 6.01. The topological polar surface area (TPSA) is 37.3 Å². The minimum atomic E-state index is -4.65. The number of carboxylic acid groups (broad SMARTS) is 1. The summed E-state index contributed by atoms with van der Waals surface area (Å²) in [6, 6.07) is 8.16. The molecular formula is C16H10F4O2. The number of hydrogen-bond donors (Lipinski definition) is 1. The zero-order valence-electron chi connectivity index (χ0n) is 11.1. The van der Waals surface area contributed by atoms with Gasteiger partial charge in [0.15, 0.2) is 0 Å². The third-order valence-corrected chi connectivity index (χ3v) is 2.93. The van der Waals surface area contributed by atoms with Crippen LogP contribution < -0.4 is 0 Å². The number of aliphatic carboxylic acids is 1. The summed E-state index contributed by atoms with van der Waals surface area (Å²) in [7, 11) is 0. The molecule has 2 aromatic rings. The van der Waals surface area contributed by atoms with Crippen molar-refractivity contribution in [1.29, 1.82) is 0 Å². The molecule has 0 saturated heterocycles. The van der Waals surface area contributed by atoms with Gasteiger partial charge in [0.1, 0.15) is 5.82 Å². The van der Waals surface area contributed by atoms with Crippen molar-refractivity contribution in [3.63, 3.8) is 0 Å². The van der Waals surface area contributed by atoms with Gasteiger partial charge in [-0.05, 0) is 35.4 Å². The van der Waals surface area contributed by atoms with Gasteiger partial charge in [0.2, 0.25) is 0 Å². The van der Waals surface area contributed by atoms with E-state index in [2.05, 4.69) is 0 Å². The van der Waals surface area contributed by atoms with Gasteiger partial charge < -0.3 is 5.11 Å². The molecule has 2 rings (SSSR count). The van der Waals surface area contributed by atoms with E-state index in [0.717, 1.165) is 36.4 Å². The lowest BCUT2D eigenvalue weighted by molar-refractivity contribution is -0.137. The Morgan fingerprint density at radius 1 is 1.05 bits per heavy atom. The van der Waals surface area contributed by atoms with Crippen LogP contribution in [0.2, 0.25) is 0 Å². The van der Waals surface area contributed by atoms with Crippen LogP contribution in [0.4, 0.5) is 17.6 Å². The van der Waals surface area contributed by atoms with Gasteiger partial charge in [0.05, 0.1) is 5.56 Å². The molecule has 2 nitrogen and oxygen atoms in total. The molecule has 0 saturated carbocycles. The molecule has 0 unspecified atom stereocenters. The molecule has 0 atom stereocenters. The molecule has 6 heteroatoms. The molecule has 0 heterocycles. The summed E-state index contributed by atoms with van der Waals surface area (Å²) in [5.41, 5.74) is -1.28. The highest BCUT2D eigenvalue weighted by atomic mass is 19.4. The molecule has 22 heavy (non-hydrogen) atoms. The average molecular weight is 310 g/mol. The molecule has 114 valence electrons. The second-order valence-electron chi connectivity index (χ2n) is 4.45. The van der Waals surface area contributed by atoms with Crippen LogP contribution in [-0.2, 0) is 11.0 Å². The van der Waals surface area contributed by atoms with Crippen molar-refractivity contribution in [2.45, 2.75) is 6.18 Å². The summed E-state index contributed by atoms with van der Waals surface area (Å²) in [5.74, 6) is -2.01. The summed E-state index contributed by atoms with van der Waals surface area (Å²) in [4.78, 5) is 10.5. The Balaban J connectivity index is 2.64. The molecule has 1 N–H and O–H groups in total. The lowest BCUT2D eigenvalue weighted by Gasteiger charge is -2.14. The maximum absolute atomic E-state index is 13.8. The van der Waals surface area contributed by atoms with Crippen LogP contribution in [0.15, 0.2) is 48.5 Å². The number of benzene rings is 2. The SMILES string of the molecule is O=C(O)C=Cc1ccc(C(F)(F)F)c(-c2ccccc2F)c1. The first-order chi connectivity index (χ1) is 10.3. The number of alkyl halides is 3. The predicted octanol–water partition coefficient (Wildman–Crippen LogP) is 4.61. The molecule has 0 fully saturated rings. The summed E-state index contributed by atoms with van der Waals surface area (Å²) >= 11 is 0. The van der Waals surface area contributed by atoms with Crippen molar-refractivity contribution in [3.05, 3.63) is 65.5 Å². The Kier molecular flexibility index (Phi) is 4.30. The maximum atomic E-state index is 13.8. The fraction of sp³-hybridized carbons (Fsp3) is 0.0625. The van der Waals surface area contributed by atoms with E-state index in [1.165, 1.54) is 18.2 Å². The van der Waals surface area contributed by atoms with E-state index in [1.54, 1.807) is 0 Å². The Labute approximate surface area is 123 Å². The molecule has 0 spiro atoms. The highest BCUT2D eigenvalue weighted by Gasteiger charge is 2.34. The van der Waals surface area contributed by atoms with Crippen molar-refractivity contribution < 1.29 is 27.5 Å². The first kappa shape index (κ1) is 15.8. The van der Waals surface area contributed by atoms with E-state index in [1.807, 2.05) is 0 Å². The third-order valence-electron chi connectivity index (χ3n) is 2.93. The van der Waals surface area contributed by atoms with Gasteiger partial charge in [-0.1, -0.05) is 24.3 Å². The lowest BCUT2D eigenvalue weighted by atomic mass is 9.96. The Morgan fingerprint density at radius 3 is 2.32 bits per heavy atom. The molecule has 0 aliphatic rings. The van der Waals surface area contributed by atoms with Gasteiger partial charge in [-0.3, -0.25) is 0 Å². The molecule has 0 amide bonds. The molecule has 0 radical (unpaired) electrons. The average Bonchev–Trinajstić information content (AvgIpc) is 2.44. The van der Waals surface area contributed by atoms with Gasteiger partial charge in [0, 0.05) is 11.6 Å². The van der Waals surface area contributed by atoms with Crippen molar-refractivity contribution in [3.8, 4) is 11.1 Å². The van der Waals surface area contributed by atoms with Gasteiger partial charge in [-0.15, -0.1) is 0 Å². The van der Waals surface area contributed by atoms with Crippen LogP contribution in [0.3, 0.4) is 0 Å². The van der Waals surface area contributed by atoms with E-state index in [-0.39, 0.29) is 16.7 Å². The van der Waals surface area contributed by atoms with E-state index in [9.17, 15) is 22.4 Å². The number of halogens is 4. The highest BCUT2D eigenvalue weighted by molar-refractivity contribution is 5.86. The number of rotatable bonds is 3. The fourth-order valence-electron chi connectivity index (χ4n) is 1.98. The standard InChI is InChI=1S/C16H10F4O2/c17-14-4-2-1-3-11(14)12-9-10(6-8-15(21)22)5-7-13(12)16(18,19)20/h1-9H,(H,21,22).